The van der Waals surface area contributed by atoms with E-state index in [1.807, 2.05) is 0 Å². The Balaban J connectivity index is 3.74. The molecule has 0 radical (unpaired) electrons. The fourth-order valence-corrected chi connectivity index (χ4v) is 2.69. The molecule has 0 fully saturated rings. The Morgan fingerprint density at radius 1 is 1.47 bits per heavy atom. The highest BCUT2D eigenvalue weighted by Crippen LogP contribution is 2.26. The Labute approximate surface area is 99.0 Å². The average Bonchev–Trinajstić information content (AvgIpc) is 2.15. The summed E-state index contributed by atoms with van der Waals surface area (Å²) in [4.78, 5) is 10.3. The van der Waals surface area contributed by atoms with Crippen LogP contribution in [0.3, 0.4) is 0 Å². The van der Waals surface area contributed by atoms with E-state index in [9.17, 15) is 13.2 Å². The van der Waals surface area contributed by atoms with Gasteiger partial charge < -0.3 is 0 Å². The van der Waals surface area contributed by atoms with Crippen molar-refractivity contribution in [3.63, 3.8) is 0 Å². The number of halogens is 2. The first-order valence-corrected chi connectivity index (χ1v) is 6.64. The number of nitrogens with zero attached hydrogens (tertiary/aromatic N) is 1. The van der Waals surface area contributed by atoms with E-state index in [-0.39, 0.29) is 16.0 Å². The van der Waals surface area contributed by atoms with Gasteiger partial charge in [0, 0.05) is 15.2 Å². The van der Waals surface area contributed by atoms with Gasteiger partial charge in [-0.1, -0.05) is 15.9 Å². The molecule has 15 heavy (non-hydrogen) atoms. The molecule has 0 aliphatic rings. The van der Waals surface area contributed by atoms with Gasteiger partial charge in [-0.15, -0.1) is 0 Å². The summed E-state index contributed by atoms with van der Waals surface area (Å²) in [7, 11) is 1.09. The van der Waals surface area contributed by atoms with Crippen molar-refractivity contribution in [2.24, 2.45) is 0 Å². The van der Waals surface area contributed by atoms with Gasteiger partial charge in [-0.05, 0) is 12.1 Å². The van der Waals surface area contributed by atoms with Crippen molar-refractivity contribution in [3.8, 4) is 6.07 Å². The van der Waals surface area contributed by atoms with Gasteiger partial charge in [0.15, 0.2) is 6.29 Å². The third-order valence-corrected chi connectivity index (χ3v) is 3.43. The summed E-state index contributed by atoms with van der Waals surface area (Å²) in [5, 5.41) is 8.70. The summed E-state index contributed by atoms with van der Waals surface area (Å²) in [6.45, 7) is 0. The Morgan fingerprint density at radius 2 is 2.07 bits per heavy atom. The molecule has 0 saturated heterocycles. The largest absolute Gasteiger partial charge is 0.298 e. The van der Waals surface area contributed by atoms with Crippen LogP contribution < -0.4 is 0 Å². The van der Waals surface area contributed by atoms with E-state index >= 15 is 0 Å². The van der Waals surface area contributed by atoms with Gasteiger partial charge in [-0.2, -0.15) is 5.26 Å². The highest BCUT2D eigenvalue weighted by molar-refractivity contribution is 9.10. The quantitative estimate of drug-likeness (QED) is 0.619. The maximum absolute atomic E-state index is 11.1. The van der Waals surface area contributed by atoms with Crippen molar-refractivity contribution < 1.29 is 13.2 Å². The minimum atomic E-state index is -4.04. The summed E-state index contributed by atoms with van der Waals surface area (Å²) < 4.78 is 22.6. The van der Waals surface area contributed by atoms with Crippen LogP contribution in [0, 0.1) is 11.3 Å². The molecule has 0 bridgehead atoms. The number of carbonyl (C=O) groups excluding carboxylic acids is 1. The zero-order valence-electron chi connectivity index (χ0n) is 7.07. The van der Waals surface area contributed by atoms with E-state index in [0.29, 0.717) is 10.8 Å². The van der Waals surface area contributed by atoms with Crippen LogP contribution in [0.1, 0.15) is 15.9 Å². The first kappa shape index (κ1) is 12.2. The zero-order valence-corrected chi connectivity index (χ0v) is 10.2. The molecule has 0 saturated carbocycles. The number of nitriles is 1. The van der Waals surface area contributed by atoms with Crippen molar-refractivity contribution in [2.45, 2.75) is 4.90 Å². The fourth-order valence-electron chi connectivity index (χ4n) is 1.01. The number of rotatable bonds is 2. The number of aldehydes is 1. The summed E-state index contributed by atoms with van der Waals surface area (Å²) >= 11 is 3.02. The van der Waals surface area contributed by atoms with E-state index < -0.39 is 9.05 Å². The highest BCUT2D eigenvalue weighted by Gasteiger charge is 2.19. The number of hydrogen-bond donors (Lipinski definition) is 0. The topological polar surface area (TPSA) is 75.0 Å². The third-order valence-electron chi connectivity index (χ3n) is 1.61. The molecule has 0 atom stereocenters. The molecule has 1 rings (SSSR count). The molecule has 7 heteroatoms. The Bertz CT molecular complexity index is 562. The maximum atomic E-state index is 11.1. The lowest BCUT2D eigenvalue weighted by Crippen LogP contribution is -2.00. The minimum Gasteiger partial charge on any atom is -0.298 e. The Kier molecular flexibility index (Phi) is 3.50. The van der Waals surface area contributed by atoms with Gasteiger partial charge >= 0.3 is 0 Å². The molecule has 0 heterocycles. The number of carbonyl (C=O) groups is 1. The molecule has 0 aromatic heterocycles. The van der Waals surface area contributed by atoms with E-state index in [1.54, 1.807) is 6.07 Å². The lowest BCUT2D eigenvalue weighted by atomic mass is 10.1. The van der Waals surface area contributed by atoms with Crippen LogP contribution in [-0.2, 0) is 9.05 Å². The van der Waals surface area contributed by atoms with Crippen LogP contribution >= 0.6 is 26.6 Å². The fraction of sp³-hybridized carbons (Fsp3) is 0. The van der Waals surface area contributed by atoms with Gasteiger partial charge in [0.05, 0.1) is 22.1 Å². The predicted molar refractivity (Wildman–Crippen MR) is 57.3 cm³/mol. The van der Waals surface area contributed by atoms with Crippen LogP contribution in [0.5, 0.6) is 0 Å². The SMILES string of the molecule is N#Cc1cc(Br)cc(S(=O)(=O)Cl)c1C=O. The lowest BCUT2D eigenvalue weighted by Gasteiger charge is -2.03. The second kappa shape index (κ2) is 4.31. The van der Waals surface area contributed by atoms with Crippen LogP contribution in [0.2, 0.25) is 0 Å². The second-order valence-corrected chi connectivity index (χ2v) is 5.98. The average molecular weight is 309 g/mol. The van der Waals surface area contributed by atoms with Gasteiger partial charge in [-0.3, -0.25) is 4.79 Å². The van der Waals surface area contributed by atoms with Gasteiger partial charge in [-0.25, -0.2) is 8.42 Å². The van der Waals surface area contributed by atoms with Crippen molar-refractivity contribution in [1.29, 1.82) is 5.26 Å². The monoisotopic (exact) mass is 307 g/mol. The molecule has 0 spiro atoms. The molecule has 1 aromatic rings. The van der Waals surface area contributed by atoms with Gasteiger partial charge in [0.1, 0.15) is 0 Å². The van der Waals surface area contributed by atoms with Gasteiger partial charge in [0.2, 0.25) is 0 Å². The van der Waals surface area contributed by atoms with Crippen LogP contribution in [0.25, 0.3) is 0 Å². The normalized spacial score (nSPS) is 10.7. The molecule has 0 amide bonds. The molecule has 1 aromatic carbocycles. The zero-order chi connectivity index (χ0) is 11.6. The number of hydrogen-bond acceptors (Lipinski definition) is 4. The molecule has 0 aliphatic carbocycles. The van der Waals surface area contributed by atoms with Gasteiger partial charge in [0.25, 0.3) is 9.05 Å². The molecular weight excluding hydrogens is 306 g/mol. The summed E-state index contributed by atoms with van der Waals surface area (Å²) in [5.74, 6) is 0. The highest BCUT2D eigenvalue weighted by atomic mass is 79.9. The van der Waals surface area contributed by atoms with Crippen molar-refractivity contribution in [3.05, 3.63) is 27.7 Å². The smallest absolute Gasteiger partial charge is 0.262 e. The van der Waals surface area contributed by atoms with E-state index in [2.05, 4.69) is 15.9 Å². The first-order chi connectivity index (χ1) is 6.90. The molecule has 0 unspecified atom stereocenters. The second-order valence-electron chi connectivity index (χ2n) is 2.53. The maximum Gasteiger partial charge on any atom is 0.262 e. The van der Waals surface area contributed by atoms with Crippen molar-refractivity contribution in [1.82, 2.24) is 0 Å². The first-order valence-electron chi connectivity index (χ1n) is 3.53. The Hall–Kier alpha value is -0.900. The van der Waals surface area contributed by atoms with E-state index in [1.165, 1.54) is 12.1 Å². The molecular formula is C8H3BrClNO3S. The molecule has 78 valence electrons. The summed E-state index contributed by atoms with van der Waals surface area (Å²) in [6, 6.07) is 4.23. The molecule has 4 nitrogen and oxygen atoms in total. The summed E-state index contributed by atoms with van der Waals surface area (Å²) in [6.07, 6.45) is 0.292. The lowest BCUT2D eigenvalue weighted by molar-refractivity contribution is 0.112. The van der Waals surface area contributed by atoms with Crippen LogP contribution in [0.15, 0.2) is 21.5 Å². The molecule has 0 N–H and O–H groups in total. The van der Waals surface area contributed by atoms with Crippen LogP contribution in [-0.4, -0.2) is 14.7 Å². The third kappa shape index (κ3) is 2.56. The summed E-state index contributed by atoms with van der Waals surface area (Å²) in [5.41, 5.74) is -0.269. The predicted octanol–water partition coefficient (Wildman–Crippen LogP) is 2.06. The standard InChI is InChI=1S/C8H3BrClNO3S/c9-6-1-5(3-11)7(4-12)8(2-6)15(10,13)14/h1-2,4H. The number of benzene rings is 1. The molecule has 0 aliphatic heterocycles. The van der Waals surface area contributed by atoms with Crippen LogP contribution in [0.4, 0.5) is 0 Å². The Morgan fingerprint density at radius 3 is 2.47 bits per heavy atom. The van der Waals surface area contributed by atoms with E-state index in [0.717, 1.165) is 0 Å². The van der Waals surface area contributed by atoms with E-state index in [4.69, 9.17) is 15.9 Å². The minimum absolute atomic E-state index is 0.0430. The van der Waals surface area contributed by atoms with Crippen molar-refractivity contribution in [2.75, 3.05) is 0 Å². The van der Waals surface area contributed by atoms with Crippen molar-refractivity contribution >= 4 is 41.9 Å².